The van der Waals surface area contributed by atoms with Crippen molar-refractivity contribution in [1.82, 2.24) is 9.55 Å². The summed E-state index contributed by atoms with van der Waals surface area (Å²) in [5, 5.41) is 0.101. The molecule has 8 heteroatoms. The Morgan fingerprint density at radius 3 is 2.50 bits per heavy atom. The van der Waals surface area contributed by atoms with E-state index < -0.39 is 19.8 Å². The maximum atomic E-state index is 12.4. The van der Waals surface area contributed by atoms with Gasteiger partial charge in [-0.2, -0.15) is 0 Å². The number of rotatable bonds is 4. The van der Waals surface area contributed by atoms with Crippen LogP contribution < -0.4 is 11.2 Å². The van der Waals surface area contributed by atoms with Gasteiger partial charge in [-0.1, -0.05) is 26.8 Å². The maximum Gasteiger partial charge on any atom is 0.328 e. The zero-order valence-corrected chi connectivity index (χ0v) is 19.1. The summed E-state index contributed by atoms with van der Waals surface area (Å²) in [6, 6.07) is -0.354. The fourth-order valence-electron chi connectivity index (χ4n) is 3.39. The zero-order chi connectivity index (χ0) is 21.1. The molecule has 1 aromatic rings. The van der Waals surface area contributed by atoms with Gasteiger partial charge in [0, 0.05) is 11.8 Å². The SMILES string of the molecule is Cc1cn([C@H]2C=C(CO[Si](C)(C)C(C)(C)C)[C@@H]3OC(C)(C)O[C@@H]32)c(=O)[nH]c1=O. The molecule has 156 valence electrons. The molecule has 1 aliphatic carbocycles. The van der Waals surface area contributed by atoms with Crippen LogP contribution in [0.5, 0.6) is 0 Å². The van der Waals surface area contributed by atoms with Gasteiger partial charge in [0.15, 0.2) is 14.1 Å². The Labute approximate surface area is 166 Å². The monoisotopic (exact) mass is 408 g/mol. The lowest BCUT2D eigenvalue weighted by Crippen LogP contribution is -2.42. The molecular formula is C20H32N2O5Si. The minimum absolute atomic E-state index is 0.101. The summed E-state index contributed by atoms with van der Waals surface area (Å²) in [5.74, 6) is -0.745. The number of hydrogen-bond acceptors (Lipinski definition) is 5. The predicted molar refractivity (Wildman–Crippen MR) is 110 cm³/mol. The smallest absolute Gasteiger partial charge is 0.328 e. The third kappa shape index (κ3) is 3.83. The van der Waals surface area contributed by atoms with Gasteiger partial charge in [-0.3, -0.25) is 14.3 Å². The van der Waals surface area contributed by atoms with Crippen LogP contribution in [0.25, 0.3) is 0 Å². The first-order valence-corrected chi connectivity index (χ1v) is 12.6. The number of nitrogens with one attached hydrogen (secondary N) is 1. The third-order valence-electron chi connectivity index (χ3n) is 6.09. The van der Waals surface area contributed by atoms with Crippen molar-refractivity contribution < 1.29 is 13.9 Å². The van der Waals surface area contributed by atoms with Crippen LogP contribution in [-0.4, -0.2) is 42.5 Å². The molecular weight excluding hydrogens is 376 g/mol. The lowest BCUT2D eigenvalue weighted by Gasteiger charge is -2.36. The molecule has 0 aromatic carbocycles. The molecule has 0 unspecified atom stereocenters. The van der Waals surface area contributed by atoms with E-state index in [-0.39, 0.29) is 28.8 Å². The summed E-state index contributed by atoms with van der Waals surface area (Å²) in [6.45, 7) is 16.9. The molecule has 28 heavy (non-hydrogen) atoms. The number of aromatic nitrogens is 2. The summed E-state index contributed by atoms with van der Waals surface area (Å²) in [5.41, 5.74) is 0.649. The van der Waals surface area contributed by atoms with Crippen LogP contribution in [0.15, 0.2) is 27.4 Å². The van der Waals surface area contributed by atoms with Gasteiger partial charge in [0.25, 0.3) is 5.56 Å². The second-order valence-corrected chi connectivity index (χ2v) is 14.6. The van der Waals surface area contributed by atoms with Crippen LogP contribution >= 0.6 is 0 Å². The van der Waals surface area contributed by atoms with Crippen LogP contribution in [0.2, 0.25) is 18.1 Å². The molecule has 3 atom stereocenters. The average molecular weight is 409 g/mol. The van der Waals surface area contributed by atoms with Gasteiger partial charge in [-0.15, -0.1) is 0 Å². The summed E-state index contributed by atoms with van der Waals surface area (Å²) in [6.07, 6.45) is 2.97. The van der Waals surface area contributed by atoms with Crippen molar-refractivity contribution in [2.75, 3.05) is 6.61 Å². The van der Waals surface area contributed by atoms with Crippen molar-refractivity contribution in [3.63, 3.8) is 0 Å². The highest BCUT2D eigenvalue weighted by Crippen LogP contribution is 2.44. The van der Waals surface area contributed by atoms with Gasteiger partial charge in [0.2, 0.25) is 0 Å². The van der Waals surface area contributed by atoms with E-state index in [0.29, 0.717) is 12.2 Å². The van der Waals surface area contributed by atoms with Gasteiger partial charge in [-0.25, -0.2) is 4.79 Å². The van der Waals surface area contributed by atoms with E-state index >= 15 is 0 Å². The van der Waals surface area contributed by atoms with Crippen molar-refractivity contribution in [3.05, 3.63) is 44.2 Å². The van der Waals surface area contributed by atoms with E-state index in [0.717, 1.165) is 5.57 Å². The Balaban J connectivity index is 1.94. The molecule has 0 radical (unpaired) electrons. The largest absolute Gasteiger partial charge is 0.413 e. The molecule has 1 aromatic heterocycles. The summed E-state index contributed by atoms with van der Waals surface area (Å²) >= 11 is 0. The molecule has 2 heterocycles. The predicted octanol–water partition coefficient (Wildman–Crippen LogP) is 2.87. The lowest BCUT2D eigenvalue weighted by molar-refractivity contribution is -0.148. The van der Waals surface area contributed by atoms with Crippen LogP contribution in [0, 0.1) is 6.92 Å². The average Bonchev–Trinajstić information content (AvgIpc) is 3.01. The maximum absolute atomic E-state index is 12.4. The summed E-state index contributed by atoms with van der Waals surface area (Å²) in [4.78, 5) is 26.6. The topological polar surface area (TPSA) is 82.6 Å². The molecule has 2 aliphatic rings. The molecule has 1 saturated heterocycles. The van der Waals surface area contributed by atoms with E-state index in [1.165, 1.54) is 4.57 Å². The van der Waals surface area contributed by atoms with Gasteiger partial charge in [0.05, 0.1) is 12.6 Å². The van der Waals surface area contributed by atoms with E-state index in [2.05, 4.69) is 38.8 Å². The minimum atomic E-state index is -1.93. The van der Waals surface area contributed by atoms with E-state index in [9.17, 15) is 9.59 Å². The summed E-state index contributed by atoms with van der Waals surface area (Å²) < 4.78 is 20.2. The Morgan fingerprint density at radius 1 is 1.25 bits per heavy atom. The minimum Gasteiger partial charge on any atom is -0.413 e. The number of H-pyrrole nitrogens is 1. The standard InChI is InChI=1S/C20H32N2O5Si/c1-12-10-22(18(24)21-17(12)23)14-9-13(11-25-28(7,8)19(2,3)4)15-16(14)27-20(5,6)26-15/h9-10,14-16H,11H2,1-8H3,(H,21,23,24)/t14-,15-,16+/m0/s1. The quantitative estimate of drug-likeness (QED) is 0.612. The Kier molecular flexibility index (Phi) is 5.15. The highest BCUT2D eigenvalue weighted by Gasteiger charge is 2.51. The Bertz CT molecular complexity index is 906. The first kappa shape index (κ1) is 21.2. The van der Waals surface area contributed by atoms with Crippen LogP contribution in [0.4, 0.5) is 0 Å². The number of fused-ring (bicyclic) bond motifs is 1. The number of aromatic amines is 1. The number of nitrogens with zero attached hydrogens (tertiary/aromatic N) is 1. The number of hydrogen-bond donors (Lipinski definition) is 1. The first-order valence-electron chi connectivity index (χ1n) is 9.74. The van der Waals surface area contributed by atoms with Crippen LogP contribution in [0.3, 0.4) is 0 Å². The van der Waals surface area contributed by atoms with Crippen LogP contribution in [-0.2, 0) is 13.9 Å². The van der Waals surface area contributed by atoms with Crippen molar-refractivity contribution in [1.29, 1.82) is 0 Å². The van der Waals surface area contributed by atoms with E-state index in [1.54, 1.807) is 13.1 Å². The van der Waals surface area contributed by atoms with E-state index in [4.69, 9.17) is 13.9 Å². The molecule has 0 bridgehead atoms. The lowest BCUT2D eigenvalue weighted by atomic mass is 10.1. The highest BCUT2D eigenvalue weighted by atomic mass is 28.4. The number of aryl methyl sites for hydroxylation is 1. The van der Waals surface area contributed by atoms with Crippen molar-refractivity contribution in [2.45, 2.75) is 83.7 Å². The highest BCUT2D eigenvalue weighted by molar-refractivity contribution is 6.74. The zero-order valence-electron chi connectivity index (χ0n) is 18.1. The molecule has 0 saturated carbocycles. The van der Waals surface area contributed by atoms with Gasteiger partial charge in [-0.05, 0) is 44.5 Å². The molecule has 1 aliphatic heterocycles. The third-order valence-corrected chi connectivity index (χ3v) is 10.6. The molecule has 7 nitrogen and oxygen atoms in total. The second kappa shape index (κ2) is 6.79. The molecule has 0 spiro atoms. The fraction of sp³-hybridized carbons (Fsp3) is 0.700. The van der Waals surface area contributed by atoms with Gasteiger partial charge < -0.3 is 13.9 Å². The van der Waals surface area contributed by atoms with Crippen molar-refractivity contribution in [2.24, 2.45) is 0 Å². The molecule has 3 rings (SSSR count). The Hall–Kier alpha value is -1.48. The normalized spacial score (nSPS) is 27.0. The van der Waals surface area contributed by atoms with Gasteiger partial charge in [0.1, 0.15) is 12.2 Å². The molecule has 0 amide bonds. The molecule has 1 N–H and O–H groups in total. The number of ether oxygens (including phenoxy) is 2. The first-order chi connectivity index (χ1) is 12.7. The van der Waals surface area contributed by atoms with Crippen molar-refractivity contribution >= 4 is 8.32 Å². The molecule has 1 fully saturated rings. The fourth-order valence-corrected chi connectivity index (χ4v) is 4.35. The van der Waals surface area contributed by atoms with Crippen LogP contribution in [0.1, 0.15) is 46.2 Å². The van der Waals surface area contributed by atoms with Gasteiger partial charge >= 0.3 is 5.69 Å². The van der Waals surface area contributed by atoms with E-state index in [1.807, 2.05) is 19.9 Å². The summed E-state index contributed by atoms with van der Waals surface area (Å²) in [7, 11) is -1.93. The Morgan fingerprint density at radius 2 is 1.89 bits per heavy atom. The second-order valence-electron chi connectivity index (χ2n) is 9.78. The van der Waals surface area contributed by atoms with Crippen molar-refractivity contribution in [3.8, 4) is 0 Å².